The Labute approximate surface area is 206 Å². The molecule has 0 amide bonds. The Hall–Kier alpha value is -4.29. The number of nitrogens with zero attached hydrogens (tertiary/aromatic N) is 3. The minimum atomic E-state index is -0.639. The number of ether oxygens (including phenoxy) is 2. The van der Waals surface area contributed by atoms with E-state index in [-0.39, 0.29) is 22.5 Å². The van der Waals surface area contributed by atoms with E-state index in [4.69, 9.17) is 15.2 Å². The van der Waals surface area contributed by atoms with Crippen LogP contribution in [-0.2, 0) is 17.7 Å². The van der Waals surface area contributed by atoms with E-state index in [0.717, 1.165) is 17.5 Å². The van der Waals surface area contributed by atoms with Gasteiger partial charge in [-0.3, -0.25) is 4.79 Å². The van der Waals surface area contributed by atoms with Crippen molar-refractivity contribution in [3.63, 3.8) is 0 Å². The maximum atomic E-state index is 12.7. The molecule has 178 valence electrons. The Morgan fingerprint density at radius 2 is 2.06 bits per heavy atom. The number of anilines is 1. The van der Waals surface area contributed by atoms with Crippen LogP contribution in [0.25, 0.3) is 5.69 Å². The molecule has 0 aliphatic heterocycles. The molecule has 2 N–H and O–H groups in total. The number of nitriles is 1. The van der Waals surface area contributed by atoms with Gasteiger partial charge in [-0.2, -0.15) is 5.26 Å². The molecule has 0 aliphatic rings. The van der Waals surface area contributed by atoms with Crippen LogP contribution in [0.5, 0.6) is 5.75 Å². The summed E-state index contributed by atoms with van der Waals surface area (Å²) in [6.07, 6.45) is 4.01. The number of esters is 1. The van der Waals surface area contributed by atoms with E-state index in [1.165, 1.54) is 24.3 Å². The number of hydrogen-bond acceptors (Lipinski definition) is 7. The van der Waals surface area contributed by atoms with Crippen LogP contribution >= 0.6 is 11.3 Å². The SMILES string of the molecule is COC(=O)c1c(N)c(C#N)cn1-c1cccc(Cn2ccc(OCCc3cccs3)cc2=O)c1C. The Morgan fingerprint density at radius 1 is 1.23 bits per heavy atom. The van der Waals surface area contributed by atoms with Crippen LogP contribution < -0.4 is 16.0 Å². The highest BCUT2D eigenvalue weighted by Gasteiger charge is 2.23. The Morgan fingerprint density at radius 3 is 2.74 bits per heavy atom. The average molecular weight is 489 g/mol. The van der Waals surface area contributed by atoms with Gasteiger partial charge in [0, 0.05) is 35.4 Å². The van der Waals surface area contributed by atoms with E-state index >= 15 is 0 Å². The smallest absolute Gasteiger partial charge is 0.357 e. The Bertz CT molecular complexity index is 1460. The normalized spacial score (nSPS) is 10.7. The molecule has 0 bridgehead atoms. The average Bonchev–Trinajstić information content (AvgIpc) is 3.49. The number of hydrogen-bond donors (Lipinski definition) is 1. The van der Waals surface area contributed by atoms with Crippen LogP contribution in [0.4, 0.5) is 5.69 Å². The first-order valence-electron chi connectivity index (χ1n) is 10.9. The van der Waals surface area contributed by atoms with Gasteiger partial charge < -0.3 is 24.3 Å². The third-order valence-electron chi connectivity index (χ3n) is 5.73. The quantitative estimate of drug-likeness (QED) is 0.376. The number of benzene rings is 1. The van der Waals surface area contributed by atoms with Crippen molar-refractivity contribution in [2.24, 2.45) is 0 Å². The number of pyridine rings is 1. The van der Waals surface area contributed by atoms with Crippen molar-refractivity contribution in [1.29, 1.82) is 5.26 Å². The van der Waals surface area contributed by atoms with E-state index in [9.17, 15) is 14.9 Å². The van der Waals surface area contributed by atoms with Gasteiger partial charge in [-0.05, 0) is 41.6 Å². The number of aromatic nitrogens is 2. The Balaban J connectivity index is 1.58. The number of nitrogens with two attached hydrogens (primary N) is 1. The lowest BCUT2D eigenvalue weighted by atomic mass is 10.1. The molecular formula is C26H24N4O4S. The maximum absolute atomic E-state index is 12.7. The summed E-state index contributed by atoms with van der Waals surface area (Å²) in [7, 11) is 1.26. The highest BCUT2D eigenvalue weighted by Crippen LogP contribution is 2.28. The van der Waals surface area contributed by atoms with Crippen LogP contribution in [-0.4, -0.2) is 28.8 Å². The highest BCUT2D eigenvalue weighted by molar-refractivity contribution is 7.09. The highest BCUT2D eigenvalue weighted by atomic mass is 32.1. The molecule has 3 heterocycles. The summed E-state index contributed by atoms with van der Waals surface area (Å²) in [6, 6.07) is 14.9. The third kappa shape index (κ3) is 4.98. The van der Waals surface area contributed by atoms with Crippen LogP contribution in [0.2, 0.25) is 0 Å². The zero-order chi connectivity index (χ0) is 24.9. The van der Waals surface area contributed by atoms with Crippen LogP contribution in [0.15, 0.2) is 65.0 Å². The van der Waals surface area contributed by atoms with E-state index < -0.39 is 5.97 Å². The minimum Gasteiger partial charge on any atom is -0.493 e. The molecule has 8 nitrogen and oxygen atoms in total. The third-order valence-corrected chi connectivity index (χ3v) is 6.66. The predicted octanol–water partition coefficient (Wildman–Crippen LogP) is 3.92. The second-order valence-electron chi connectivity index (χ2n) is 7.85. The number of carbonyl (C=O) groups is 1. The fourth-order valence-corrected chi connectivity index (χ4v) is 4.51. The fourth-order valence-electron chi connectivity index (χ4n) is 3.82. The predicted molar refractivity (Wildman–Crippen MR) is 134 cm³/mol. The lowest BCUT2D eigenvalue weighted by molar-refractivity contribution is 0.0593. The number of methoxy groups -OCH3 is 1. The molecule has 3 aromatic heterocycles. The summed E-state index contributed by atoms with van der Waals surface area (Å²) in [6.45, 7) is 2.71. The lowest BCUT2D eigenvalue weighted by Gasteiger charge is -2.16. The van der Waals surface area contributed by atoms with Crippen LogP contribution in [0, 0.1) is 18.3 Å². The van der Waals surface area contributed by atoms with Gasteiger partial charge in [0.25, 0.3) is 5.56 Å². The zero-order valence-corrected chi connectivity index (χ0v) is 20.2. The topological polar surface area (TPSA) is 112 Å². The van der Waals surface area contributed by atoms with Crippen molar-refractivity contribution in [2.45, 2.75) is 19.9 Å². The van der Waals surface area contributed by atoms with E-state index in [1.54, 1.807) is 32.7 Å². The first-order valence-corrected chi connectivity index (χ1v) is 11.7. The number of rotatable bonds is 8. The molecule has 1 aromatic carbocycles. The first-order chi connectivity index (χ1) is 16.9. The minimum absolute atomic E-state index is 0.0649. The standard InChI is InChI=1S/C26H24N4O4S/c1-17-18(5-3-7-22(17)30-16-19(14-27)24(28)25(30)26(32)33-2)15-29-10-8-20(13-23(29)31)34-11-9-21-6-4-12-35-21/h3-8,10,12-13,16H,9,11,15,28H2,1-2H3. The summed E-state index contributed by atoms with van der Waals surface area (Å²) in [4.78, 5) is 26.3. The van der Waals surface area contributed by atoms with Crippen molar-refractivity contribution in [3.05, 3.63) is 97.9 Å². The van der Waals surface area contributed by atoms with E-state index in [1.807, 2.05) is 42.6 Å². The van der Waals surface area contributed by atoms with Gasteiger partial charge in [0.15, 0.2) is 5.69 Å². The molecule has 4 aromatic rings. The molecule has 9 heteroatoms. The lowest BCUT2D eigenvalue weighted by Crippen LogP contribution is -2.20. The summed E-state index contributed by atoms with van der Waals surface area (Å²) in [5, 5.41) is 11.4. The molecule has 4 rings (SSSR count). The number of carbonyl (C=O) groups excluding carboxylic acids is 1. The maximum Gasteiger partial charge on any atom is 0.357 e. The summed E-state index contributed by atoms with van der Waals surface area (Å²) >= 11 is 1.68. The second-order valence-corrected chi connectivity index (χ2v) is 8.88. The summed E-state index contributed by atoms with van der Waals surface area (Å²) in [5.41, 5.74) is 8.56. The molecular weight excluding hydrogens is 464 g/mol. The van der Waals surface area contributed by atoms with Gasteiger partial charge in [-0.25, -0.2) is 4.79 Å². The molecule has 0 unspecified atom stereocenters. The summed E-state index contributed by atoms with van der Waals surface area (Å²) in [5.74, 6) is -0.109. The van der Waals surface area contributed by atoms with Crippen LogP contribution in [0.1, 0.15) is 32.1 Å². The summed E-state index contributed by atoms with van der Waals surface area (Å²) < 4.78 is 13.8. The second kappa shape index (κ2) is 10.3. The molecule has 0 radical (unpaired) electrons. The fraction of sp³-hybridized carbons (Fsp3) is 0.192. The van der Waals surface area contributed by atoms with Gasteiger partial charge in [0.05, 0.1) is 31.5 Å². The van der Waals surface area contributed by atoms with E-state index in [0.29, 0.717) is 24.6 Å². The largest absolute Gasteiger partial charge is 0.493 e. The Kier molecular flexibility index (Phi) is 7.03. The van der Waals surface area contributed by atoms with Gasteiger partial charge in [0.1, 0.15) is 11.8 Å². The van der Waals surface area contributed by atoms with Gasteiger partial charge >= 0.3 is 5.97 Å². The number of nitrogen functional groups attached to an aromatic ring is 1. The molecule has 0 saturated carbocycles. The molecule has 0 atom stereocenters. The van der Waals surface area contributed by atoms with Crippen molar-refractivity contribution in [2.75, 3.05) is 19.5 Å². The number of thiophene rings is 1. The van der Waals surface area contributed by atoms with Crippen molar-refractivity contribution < 1.29 is 14.3 Å². The van der Waals surface area contributed by atoms with Crippen molar-refractivity contribution in [1.82, 2.24) is 9.13 Å². The molecule has 0 saturated heterocycles. The van der Waals surface area contributed by atoms with Crippen molar-refractivity contribution in [3.8, 4) is 17.5 Å². The van der Waals surface area contributed by atoms with Gasteiger partial charge in [0.2, 0.25) is 0 Å². The molecule has 0 aliphatic carbocycles. The van der Waals surface area contributed by atoms with E-state index in [2.05, 4.69) is 6.07 Å². The van der Waals surface area contributed by atoms with Gasteiger partial charge in [-0.1, -0.05) is 18.2 Å². The first kappa shape index (κ1) is 23.9. The monoisotopic (exact) mass is 488 g/mol. The zero-order valence-electron chi connectivity index (χ0n) is 19.4. The molecule has 0 spiro atoms. The molecule has 0 fully saturated rings. The van der Waals surface area contributed by atoms with Gasteiger partial charge in [-0.15, -0.1) is 11.3 Å². The van der Waals surface area contributed by atoms with Crippen molar-refractivity contribution >= 4 is 23.0 Å². The molecule has 35 heavy (non-hydrogen) atoms. The van der Waals surface area contributed by atoms with Crippen LogP contribution in [0.3, 0.4) is 0 Å².